The zero-order chi connectivity index (χ0) is 18.0. The minimum Gasteiger partial charge on any atom is -0.378 e. The molecule has 0 aliphatic carbocycles. The number of halogens is 1. The van der Waals surface area contributed by atoms with E-state index in [9.17, 15) is 9.18 Å². The molecule has 25 heavy (non-hydrogen) atoms. The van der Waals surface area contributed by atoms with Gasteiger partial charge in [-0.2, -0.15) is 0 Å². The molecule has 0 saturated carbocycles. The lowest BCUT2D eigenvalue weighted by molar-refractivity contribution is -0.0249. The molecule has 0 N–H and O–H groups in total. The van der Waals surface area contributed by atoms with Crippen molar-refractivity contribution in [2.45, 2.75) is 13.0 Å². The number of aryl methyl sites for hydroxylation is 1. The molecule has 1 aromatic carbocycles. The van der Waals surface area contributed by atoms with Gasteiger partial charge in [0, 0.05) is 32.0 Å². The fourth-order valence-electron chi connectivity index (χ4n) is 2.92. The Morgan fingerprint density at radius 1 is 1.32 bits per heavy atom. The zero-order valence-corrected chi connectivity index (χ0v) is 14.7. The molecule has 0 spiro atoms. The lowest BCUT2D eigenvalue weighted by Crippen LogP contribution is -2.42. The number of amides is 1. The quantitative estimate of drug-likeness (QED) is 0.860. The van der Waals surface area contributed by atoms with Crippen molar-refractivity contribution in [1.29, 1.82) is 0 Å². The van der Waals surface area contributed by atoms with E-state index in [4.69, 9.17) is 4.74 Å². The molecule has 1 atom stereocenters. The van der Waals surface area contributed by atoms with Gasteiger partial charge in [0.1, 0.15) is 11.9 Å². The third-order valence-electron chi connectivity index (χ3n) is 4.26. The normalized spacial score (nSPS) is 17.4. The molecule has 6 heteroatoms. The van der Waals surface area contributed by atoms with E-state index in [0.717, 1.165) is 17.1 Å². The van der Waals surface area contributed by atoms with Crippen molar-refractivity contribution in [2.24, 2.45) is 0 Å². The molecule has 5 nitrogen and oxygen atoms in total. The van der Waals surface area contributed by atoms with Crippen LogP contribution in [0.4, 0.5) is 10.1 Å². The topological polar surface area (TPSA) is 45.7 Å². The van der Waals surface area contributed by atoms with E-state index in [1.807, 2.05) is 38.1 Å². The highest BCUT2D eigenvalue weighted by Gasteiger charge is 2.28. The average Bonchev–Trinajstić information content (AvgIpc) is 2.61. The zero-order valence-electron chi connectivity index (χ0n) is 14.7. The molecule has 132 valence electrons. The lowest BCUT2D eigenvalue weighted by Gasteiger charge is -2.33. The maximum Gasteiger partial charge on any atom is 0.257 e. The number of carbonyl (C=O) groups excluding carboxylic acids is 1. The number of pyridine rings is 1. The van der Waals surface area contributed by atoms with Crippen LogP contribution in [0, 0.1) is 12.7 Å². The van der Waals surface area contributed by atoms with E-state index in [1.54, 1.807) is 17.0 Å². The first-order chi connectivity index (χ1) is 12.0. The molecule has 0 unspecified atom stereocenters. The highest BCUT2D eigenvalue weighted by Crippen LogP contribution is 2.26. The van der Waals surface area contributed by atoms with Crippen molar-refractivity contribution in [3.63, 3.8) is 0 Å². The summed E-state index contributed by atoms with van der Waals surface area (Å²) in [7, 11) is 3.93. The number of anilines is 1. The van der Waals surface area contributed by atoms with Crippen LogP contribution in [0.1, 0.15) is 27.8 Å². The molecule has 2 aromatic rings. The van der Waals surface area contributed by atoms with Gasteiger partial charge in [-0.05, 0) is 31.2 Å². The van der Waals surface area contributed by atoms with Crippen molar-refractivity contribution in [1.82, 2.24) is 9.88 Å². The Labute approximate surface area is 147 Å². The largest absolute Gasteiger partial charge is 0.378 e. The van der Waals surface area contributed by atoms with E-state index in [0.29, 0.717) is 19.7 Å². The van der Waals surface area contributed by atoms with E-state index in [2.05, 4.69) is 4.98 Å². The SMILES string of the molecule is Cc1cc(N(C)C)cc([C@H]2CN(C(=O)c3ccccc3F)CCO2)n1. The predicted octanol–water partition coefficient (Wildman–Crippen LogP) is 2.81. The molecule has 2 heterocycles. The molecule has 1 aliphatic rings. The fraction of sp³-hybridized carbons (Fsp3) is 0.368. The highest BCUT2D eigenvalue weighted by molar-refractivity contribution is 5.94. The van der Waals surface area contributed by atoms with Crippen molar-refractivity contribution < 1.29 is 13.9 Å². The standard InChI is InChI=1S/C19H22FN3O2/c1-13-10-14(22(2)3)11-17(21-13)18-12-23(8-9-25-18)19(24)15-6-4-5-7-16(15)20/h4-7,10-11,18H,8-9,12H2,1-3H3/t18-/m1/s1. The summed E-state index contributed by atoms with van der Waals surface area (Å²) in [4.78, 5) is 20.8. The van der Waals surface area contributed by atoms with Gasteiger partial charge in [0.05, 0.1) is 24.4 Å². The maximum absolute atomic E-state index is 13.9. The molecule has 1 aliphatic heterocycles. The third kappa shape index (κ3) is 3.79. The summed E-state index contributed by atoms with van der Waals surface area (Å²) in [5.74, 6) is -0.814. The third-order valence-corrected chi connectivity index (χ3v) is 4.26. The smallest absolute Gasteiger partial charge is 0.257 e. The number of carbonyl (C=O) groups is 1. The molecule has 1 amide bonds. The second-order valence-electron chi connectivity index (χ2n) is 6.38. The van der Waals surface area contributed by atoms with Crippen molar-refractivity contribution in [3.8, 4) is 0 Å². The molecular formula is C19H22FN3O2. The summed E-state index contributed by atoms with van der Waals surface area (Å²) in [5.41, 5.74) is 2.80. The Morgan fingerprint density at radius 3 is 2.80 bits per heavy atom. The Balaban J connectivity index is 1.82. The number of benzene rings is 1. The second kappa shape index (κ2) is 7.19. The fourth-order valence-corrected chi connectivity index (χ4v) is 2.92. The summed E-state index contributed by atoms with van der Waals surface area (Å²) >= 11 is 0. The van der Waals surface area contributed by atoms with Gasteiger partial charge in [-0.15, -0.1) is 0 Å². The van der Waals surface area contributed by atoms with Crippen LogP contribution in [-0.4, -0.2) is 49.6 Å². The monoisotopic (exact) mass is 343 g/mol. The van der Waals surface area contributed by atoms with Gasteiger partial charge in [-0.3, -0.25) is 9.78 Å². The van der Waals surface area contributed by atoms with Crippen LogP contribution in [0.3, 0.4) is 0 Å². The molecular weight excluding hydrogens is 321 g/mol. The number of hydrogen-bond acceptors (Lipinski definition) is 4. The van der Waals surface area contributed by atoms with Gasteiger partial charge < -0.3 is 14.5 Å². The number of rotatable bonds is 3. The molecule has 1 fully saturated rings. The van der Waals surface area contributed by atoms with E-state index in [1.165, 1.54) is 12.1 Å². The molecule has 1 saturated heterocycles. The van der Waals surface area contributed by atoms with Crippen molar-refractivity contribution in [2.75, 3.05) is 38.7 Å². The van der Waals surface area contributed by atoms with Gasteiger partial charge in [-0.1, -0.05) is 12.1 Å². The first-order valence-corrected chi connectivity index (χ1v) is 8.27. The van der Waals surface area contributed by atoms with E-state index < -0.39 is 5.82 Å². The first-order valence-electron chi connectivity index (χ1n) is 8.27. The van der Waals surface area contributed by atoms with Crippen LogP contribution in [0.5, 0.6) is 0 Å². The van der Waals surface area contributed by atoms with E-state index >= 15 is 0 Å². The summed E-state index contributed by atoms with van der Waals surface area (Å²) in [5, 5.41) is 0. The molecule has 0 bridgehead atoms. The minimum absolute atomic E-state index is 0.0920. The van der Waals surface area contributed by atoms with Crippen LogP contribution >= 0.6 is 0 Å². The summed E-state index contributed by atoms with van der Waals surface area (Å²) in [6, 6.07) is 10.0. The minimum atomic E-state index is -0.501. The Kier molecular flexibility index (Phi) is 4.99. The second-order valence-corrected chi connectivity index (χ2v) is 6.38. The lowest BCUT2D eigenvalue weighted by atomic mass is 10.1. The Hall–Kier alpha value is -2.47. The molecule has 1 aromatic heterocycles. The summed E-state index contributed by atoms with van der Waals surface area (Å²) < 4.78 is 19.7. The van der Waals surface area contributed by atoms with E-state index in [-0.39, 0.29) is 17.6 Å². The maximum atomic E-state index is 13.9. The summed E-state index contributed by atoms with van der Waals surface area (Å²) in [6.07, 6.45) is -0.317. The first kappa shape index (κ1) is 17.4. The van der Waals surface area contributed by atoms with Crippen LogP contribution in [0.2, 0.25) is 0 Å². The number of hydrogen-bond donors (Lipinski definition) is 0. The number of morpholine rings is 1. The van der Waals surface area contributed by atoms with Gasteiger partial charge in [0.25, 0.3) is 5.91 Å². The number of aromatic nitrogens is 1. The Morgan fingerprint density at radius 2 is 2.08 bits per heavy atom. The van der Waals surface area contributed by atoms with Crippen molar-refractivity contribution in [3.05, 3.63) is 59.2 Å². The van der Waals surface area contributed by atoms with Gasteiger partial charge in [0.15, 0.2) is 0 Å². The molecule has 0 radical (unpaired) electrons. The number of nitrogens with zero attached hydrogens (tertiary/aromatic N) is 3. The predicted molar refractivity (Wildman–Crippen MR) is 94.3 cm³/mol. The van der Waals surface area contributed by atoms with Crippen LogP contribution in [0.15, 0.2) is 36.4 Å². The van der Waals surface area contributed by atoms with Crippen LogP contribution in [0.25, 0.3) is 0 Å². The van der Waals surface area contributed by atoms with Crippen LogP contribution in [-0.2, 0) is 4.74 Å². The van der Waals surface area contributed by atoms with Gasteiger partial charge >= 0.3 is 0 Å². The average molecular weight is 343 g/mol. The van der Waals surface area contributed by atoms with Crippen molar-refractivity contribution >= 4 is 11.6 Å². The highest BCUT2D eigenvalue weighted by atomic mass is 19.1. The molecule has 3 rings (SSSR count). The van der Waals surface area contributed by atoms with Gasteiger partial charge in [0.2, 0.25) is 0 Å². The number of ether oxygens (including phenoxy) is 1. The summed E-state index contributed by atoms with van der Waals surface area (Å²) in [6.45, 7) is 3.13. The van der Waals surface area contributed by atoms with Gasteiger partial charge in [-0.25, -0.2) is 4.39 Å². The Bertz CT molecular complexity index is 779. The van der Waals surface area contributed by atoms with Crippen LogP contribution < -0.4 is 4.90 Å².